The van der Waals surface area contributed by atoms with Crippen LogP contribution in [0.1, 0.15) is 129 Å². The van der Waals surface area contributed by atoms with Crippen LogP contribution in [0.3, 0.4) is 0 Å². The standard InChI is InChI=1S/C23H49NO/c1-3-4-5-6-7-8-9-10-11-12-13-14-15-16-17-20-23(2)24-21-18-19-22-25/h23-25H,3-22H2,1-2H3. The summed E-state index contributed by atoms with van der Waals surface area (Å²) >= 11 is 0. The second kappa shape index (κ2) is 22.0. The Kier molecular flexibility index (Phi) is 21.9. The SMILES string of the molecule is CCCCCCCCCCCCCCCCCC(C)NCCCCO. The minimum Gasteiger partial charge on any atom is -0.396 e. The van der Waals surface area contributed by atoms with Crippen molar-refractivity contribution in [3.8, 4) is 0 Å². The Labute approximate surface area is 159 Å². The summed E-state index contributed by atoms with van der Waals surface area (Å²) in [6.07, 6.45) is 24.9. The summed E-state index contributed by atoms with van der Waals surface area (Å²) in [4.78, 5) is 0. The van der Waals surface area contributed by atoms with Gasteiger partial charge >= 0.3 is 0 Å². The molecule has 0 aromatic heterocycles. The molecule has 1 atom stereocenters. The molecule has 0 aliphatic heterocycles. The van der Waals surface area contributed by atoms with Gasteiger partial charge in [-0.05, 0) is 32.7 Å². The second-order valence-electron chi connectivity index (χ2n) is 8.02. The van der Waals surface area contributed by atoms with E-state index in [4.69, 9.17) is 5.11 Å². The van der Waals surface area contributed by atoms with Gasteiger partial charge in [-0.3, -0.25) is 0 Å². The van der Waals surface area contributed by atoms with Gasteiger partial charge in [0, 0.05) is 12.6 Å². The second-order valence-corrected chi connectivity index (χ2v) is 8.02. The van der Waals surface area contributed by atoms with Crippen molar-refractivity contribution in [3.63, 3.8) is 0 Å². The Balaban J connectivity index is 3.06. The smallest absolute Gasteiger partial charge is 0.0431 e. The molecule has 0 rings (SSSR count). The third-order valence-corrected chi connectivity index (χ3v) is 5.32. The fourth-order valence-corrected chi connectivity index (χ4v) is 3.51. The van der Waals surface area contributed by atoms with Crippen LogP contribution in [-0.4, -0.2) is 24.3 Å². The molecular formula is C23H49NO. The van der Waals surface area contributed by atoms with E-state index in [0.717, 1.165) is 19.4 Å². The van der Waals surface area contributed by atoms with E-state index in [2.05, 4.69) is 19.2 Å². The number of aliphatic hydroxyl groups excluding tert-OH is 1. The molecule has 0 spiro atoms. The van der Waals surface area contributed by atoms with Gasteiger partial charge in [-0.15, -0.1) is 0 Å². The third-order valence-electron chi connectivity index (χ3n) is 5.32. The predicted molar refractivity (Wildman–Crippen MR) is 113 cm³/mol. The quantitative estimate of drug-likeness (QED) is 0.217. The van der Waals surface area contributed by atoms with Crippen LogP contribution in [0.5, 0.6) is 0 Å². The highest BCUT2D eigenvalue weighted by Crippen LogP contribution is 2.14. The molecule has 0 heterocycles. The van der Waals surface area contributed by atoms with E-state index in [-0.39, 0.29) is 0 Å². The lowest BCUT2D eigenvalue weighted by molar-refractivity contribution is 0.282. The molecule has 0 radical (unpaired) electrons. The van der Waals surface area contributed by atoms with Crippen molar-refractivity contribution in [2.45, 2.75) is 135 Å². The average molecular weight is 356 g/mol. The molecule has 0 saturated heterocycles. The summed E-state index contributed by atoms with van der Waals surface area (Å²) in [6.45, 7) is 5.97. The Morgan fingerprint density at radius 2 is 1.04 bits per heavy atom. The zero-order valence-electron chi connectivity index (χ0n) is 17.7. The van der Waals surface area contributed by atoms with Gasteiger partial charge in [0.1, 0.15) is 0 Å². The topological polar surface area (TPSA) is 32.3 Å². The van der Waals surface area contributed by atoms with Gasteiger partial charge in [-0.1, -0.05) is 103 Å². The van der Waals surface area contributed by atoms with Crippen LogP contribution in [-0.2, 0) is 0 Å². The van der Waals surface area contributed by atoms with Crippen molar-refractivity contribution in [3.05, 3.63) is 0 Å². The summed E-state index contributed by atoms with van der Waals surface area (Å²) in [5, 5.41) is 12.3. The molecule has 0 bridgehead atoms. The number of rotatable bonds is 21. The van der Waals surface area contributed by atoms with Crippen molar-refractivity contribution < 1.29 is 5.11 Å². The Hall–Kier alpha value is -0.0800. The highest BCUT2D eigenvalue weighted by molar-refractivity contribution is 4.61. The molecule has 2 N–H and O–H groups in total. The van der Waals surface area contributed by atoms with E-state index in [1.54, 1.807) is 0 Å². The first-order chi connectivity index (χ1) is 12.3. The van der Waals surface area contributed by atoms with Gasteiger partial charge in [0.15, 0.2) is 0 Å². The van der Waals surface area contributed by atoms with Crippen molar-refractivity contribution in [1.82, 2.24) is 5.32 Å². The Morgan fingerprint density at radius 1 is 0.600 bits per heavy atom. The molecule has 0 fully saturated rings. The predicted octanol–water partition coefficient (Wildman–Crippen LogP) is 7.00. The molecule has 2 heteroatoms. The first-order valence-electron chi connectivity index (χ1n) is 11.7. The van der Waals surface area contributed by atoms with E-state index >= 15 is 0 Å². The average Bonchev–Trinajstić information content (AvgIpc) is 2.62. The van der Waals surface area contributed by atoms with Crippen molar-refractivity contribution in [2.24, 2.45) is 0 Å². The molecule has 152 valence electrons. The van der Waals surface area contributed by atoms with E-state index < -0.39 is 0 Å². The fourth-order valence-electron chi connectivity index (χ4n) is 3.51. The maximum atomic E-state index is 8.76. The number of nitrogens with one attached hydrogen (secondary N) is 1. The number of hydrogen-bond acceptors (Lipinski definition) is 2. The highest BCUT2D eigenvalue weighted by Gasteiger charge is 2.00. The maximum Gasteiger partial charge on any atom is 0.0431 e. The monoisotopic (exact) mass is 355 g/mol. The van der Waals surface area contributed by atoms with E-state index in [1.165, 1.54) is 103 Å². The summed E-state index contributed by atoms with van der Waals surface area (Å²) in [6, 6.07) is 0.640. The van der Waals surface area contributed by atoms with Crippen LogP contribution in [0, 0.1) is 0 Å². The van der Waals surface area contributed by atoms with Crippen molar-refractivity contribution in [1.29, 1.82) is 0 Å². The number of unbranched alkanes of at least 4 members (excludes halogenated alkanes) is 15. The normalized spacial score (nSPS) is 12.6. The first-order valence-corrected chi connectivity index (χ1v) is 11.7. The minimum atomic E-state index is 0.328. The van der Waals surface area contributed by atoms with Gasteiger partial charge in [0.25, 0.3) is 0 Å². The number of hydrogen-bond donors (Lipinski definition) is 2. The van der Waals surface area contributed by atoms with Gasteiger partial charge < -0.3 is 10.4 Å². The largest absolute Gasteiger partial charge is 0.396 e. The molecule has 1 unspecified atom stereocenters. The first kappa shape index (κ1) is 24.9. The lowest BCUT2D eigenvalue weighted by atomic mass is 10.0. The summed E-state index contributed by atoms with van der Waals surface area (Å²) in [5.41, 5.74) is 0. The third kappa shape index (κ3) is 21.9. The van der Waals surface area contributed by atoms with Crippen molar-refractivity contribution >= 4 is 0 Å². The van der Waals surface area contributed by atoms with Crippen LogP contribution in [0.15, 0.2) is 0 Å². The highest BCUT2D eigenvalue weighted by atomic mass is 16.2. The van der Waals surface area contributed by atoms with Gasteiger partial charge in [0.2, 0.25) is 0 Å². The zero-order chi connectivity index (χ0) is 18.4. The van der Waals surface area contributed by atoms with E-state index in [0.29, 0.717) is 12.6 Å². The van der Waals surface area contributed by atoms with Gasteiger partial charge in [0.05, 0.1) is 0 Å². The van der Waals surface area contributed by atoms with Crippen LogP contribution in [0.25, 0.3) is 0 Å². The zero-order valence-corrected chi connectivity index (χ0v) is 17.7. The number of aliphatic hydroxyl groups is 1. The molecule has 0 aliphatic rings. The molecule has 0 saturated carbocycles. The van der Waals surface area contributed by atoms with Gasteiger partial charge in [-0.2, -0.15) is 0 Å². The molecule has 2 nitrogen and oxygen atoms in total. The van der Waals surface area contributed by atoms with E-state index in [9.17, 15) is 0 Å². The lowest BCUT2D eigenvalue weighted by Gasteiger charge is -2.13. The fraction of sp³-hybridized carbons (Fsp3) is 1.00. The lowest BCUT2D eigenvalue weighted by Crippen LogP contribution is -2.26. The van der Waals surface area contributed by atoms with Crippen LogP contribution >= 0.6 is 0 Å². The minimum absolute atomic E-state index is 0.328. The molecule has 0 aliphatic carbocycles. The molecule has 0 aromatic carbocycles. The van der Waals surface area contributed by atoms with Gasteiger partial charge in [-0.25, -0.2) is 0 Å². The Bertz CT molecular complexity index is 232. The molecular weight excluding hydrogens is 306 g/mol. The van der Waals surface area contributed by atoms with Crippen LogP contribution in [0.4, 0.5) is 0 Å². The summed E-state index contributed by atoms with van der Waals surface area (Å²) in [5.74, 6) is 0. The van der Waals surface area contributed by atoms with Crippen molar-refractivity contribution in [2.75, 3.05) is 13.2 Å². The maximum absolute atomic E-state index is 8.76. The van der Waals surface area contributed by atoms with Crippen LogP contribution < -0.4 is 5.32 Å². The summed E-state index contributed by atoms with van der Waals surface area (Å²) in [7, 11) is 0. The van der Waals surface area contributed by atoms with Crippen LogP contribution in [0.2, 0.25) is 0 Å². The van der Waals surface area contributed by atoms with E-state index in [1.807, 2.05) is 0 Å². The Morgan fingerprint density at radius 3 is 1.48 bits per heavy atom. The molecule has 0 amide bonds. The summed E-state index contributed by atoms with van der Waals surface area (Å²) < 4.78 is 0. The molecule has 25 heavy (non-hydrogen) atoms. The molecule has 0 aromatic rings.